The molecule has 28 radical (unpaired) electrons. The Bertz CT molecular complexity index is 280. The molecular formula is C30H38Ni4Si2. The molecule has 0 aromatic rings. The van der Waals surface area contributed by atoms with Crippen molar-refractivity contribution in [3.05, 3.63) is 153 Å². The molecule has 4 aliphatic rings. The van der Waals surface area contributed by atoms with Crippen molar-refractivity contribution < 1.29 is 66.0 Å². The van der Waals surface area contributed by atoms with E-state index in [4.69, 9.17) is 0 Å². The Morgan fingerprint density at radius 3 is 0.472 bits per heavy atom. The molecule has 0 atom stereocenters. The van der Waals surface area contributed by atoms with Gasteiger partial charge in [0.2, 0.25) is 0 Å². The van der Waals surface area contributed by atoms with E-state index in [2.05, 4.69) is 64.2 Å². The van der Waals surface area contributed by atoms with Crippen molar-refractivity contribution in [3.63, 3.8) is 0 Å². The van der Waals surface area contributed by atoms with E-state index in [-0.39, 0.29) is 66.0 Å². The molecule has 4 saturated carbocycles. The second kappa shape index (κ2) is 33.6. The van der Waals surface area contributed by atoms with Gasteiger partial charge in [-0.1, -0.05) is 39.3 Å². The Hall–Kier alpha value is 2.41. The van der Waals surface area contributed by atoms with E-state index in [9.17, 15) is 0 Å². The summed E-state index contributed by atoms with van der Waals surface area (Å²) < 4.78 is 0. The summed E-state index contributed by atoms with van der Waals surface area (Å²) in [6, 6.07) is 6.46. The van der Waals surface area contributed by atoms with E-state index < -0.39 is 16.1 Å². The molecule has 0 nitrogen and oxygen atoms in total. The van der Waals surface area contributed by atoms with Crippen LogP contribution in [-0.4, -0.2) is 16.1 Å². The average molecular weight is 690 g/mol. The summed E-state index contributed by atoms with van der Waals surface area (Å²) in [6.45, 7) is 13.4. The molecule has 0 spiro atoms. The van der Waals surface area contributed by atoms with Gasteiger partial charge in [-0.05, 0) is 153 Å². The van der Waals surface area contributed by atoms with Gasteiger partial charge in [0.15, 0.2) is 0 Å². The van der Waals surface area contributed by atoms with Crippen LogP contribution in [0, 0.1) is 153 Å². The zero-order chi connectivity index (χ0) is 24.0. The summed E-state index contributed by atoms with van der Waals surface area (Å²) in [5.74, 6) is 0. The van der Waals surface area contributed by atoms with Crippen molar-refractivity contribution >= 4 is 16.1 Å². The molecule has 206 valence electrons. The Morgan fingerprint density at radius 1 is 0.278 bits per heavy atom. The van der Waals surface area contributed by atoms with E-state index in [0.29, 0.717) is 0 Å². The third-order valence-electron chi connectivity index (χ3n) is 3.16. The molecular weight excluding hydrogens is 651 g/mol. The van der Waals surface area contributed by atoms with Gasteiger partial charge in [0.25, 0.3) is 0 Å². The maximum atomic E-state index is 3.23. The van der Waals surface area contributed by atoms with Crippen molar-refractivity contribution in [1.82, 2.24) is 0 Å². The number of unbranched alkanes of at least 4 members (excludes halogenated alkanes) is 1. The molecule has 0 heterocycles. The van der Waals surface area contributed by atoms with Crippen LogP contribution in [0.1, 0.15) is 0 Å². The van der Waals surface area contributed by atoms with Crippen molar-refractivity contribution in [2.45, 2.75) is 39.3 Å². The molecule has 0 unspecified atom stereocenters. The van der Waals surface area contributed by atoms with Gasteiger partial charge >= 0.3 is 0 Å². The second-order valence-corrected chi connectivity index (χ2v) is 18.3. The van der Waals surface area contributed by atoms with Crippen molar-refractivity contribution in [2.75, 3.05) is 0 Å². The van der Waals surface area contributed by atoms with E-state index in [1.54, 1.807) is 0 Å². The Balaban J connectivity index is -0.000000114. The molecule has 6 heteroatoms. The van der Waals surface area contributed by atoms with Crippen LogP contribution in [0.4, 0.5) is 0 Å². The van der Waals surface area contributed by atoms with Gasteiger partial charge in [-0.25, -0.2) is 0 Å². The molecule has 0 aromatic carbocycles. The largest absolute Gasteiger partial charge is 0.0691 e. The van der Waals surface area contributed by atoms with Crippen molar-refractivity contribution in [3.8, 4) is 0 Å². The fraction of sp³-hybridized carbons (Fsp3) is 0.200. The third-order valence-corrected chi connectivity index (χ3v) is 4.91. The van der Waals surface area contributed by atoms with Crippen molar-refractivity contribution in [2.24, 2.45) is 0 Å². The molecule has 4 rings (SSSR count). The zero-order valence-electron chi connectivity index (χ0n) is 21.8. The van der Waals surface area contributed by atoms with Gasteiger partial charge in [-0.2, -0.15) is 0 Å². The minimum atomic E-state index is -1.20. The first-order valence-corrected chi connectivity index (χ1v) is 17.9. The Kier molecular flexibility index (Phi) is 45.0. The van der Waals surface area contributed by atoms with Gasteiger partial charge in [-0.15, -0.1) is 0 Å². The maximum absolute atomic E-state index is 3.23. The molecule has 0 bridgehead atoms. The predicted molar refractivity (Wildman–Crippen MR) is 146 cm³/mol. The maximum Gasteiger partial charge on any atom is 0.0521 e. The van der Waals surface area contributed by atoms with E-state index in [0.717, 1.165) is 0 Å². The zero-order valence-corrected chi connectivity index (χ0v) is 27.8. The standard InChI is InChI=1S/C10H18Si2.4C5H5.4Ni/c1-11(2,3)9-7-8-10-12(4,5)6;4*1-2-4-5-3-1;;;;/h1-6H3;4*1-5H;;;;. The van der Waals surface area contributed by atoms with E-state index >= 15 is 0 Å². The average Bonchev–Trinajstić information content (AvgIpc) is 3.58. The number of hydrogen-bond acceptors (Lipinski definition) is 0. The van der Waals surface area contributed by atoms with Crippen LogP contribution in [0.5, 0.6) is 0 Å². The molecule has 0 amide bonds. The molecule has 4 aliphatic carbocycles. The molecule has 0 saturated heterocycles. The molecule has 36 heavy (non-hydrogen) atoms. The van der Waals surface area contributed by atoms with Crippen LogP contribution in [0.15, 0.2) is 0 Å². The second-order valence-electron chi connectivity index (χ2n) is 8.85. The Labute approximate surface area is 272 Å². The van der Waals surface area contributed by atoms with Crippen LogP contribution >= 0.6 is 0 Å². The first-order valence-electron chi connectivity index (χ1n) is 10.9. The van der Waals surface area contributed by atoms with Crippen LogP contribution in [0.3, 0.4) is 0 Å². The first-order chi connectivity index (χ1) is 15.2. The van der Waals surface area contributed by atoms with Gasteiger partial charge in [0, 0.05) is 66.0 Å². The quantitative estimate of drug-likeness (QED) is 0.213. The normalized spacial score (nSPS) is 17.8. The summed E-state index contributed by atoms with van der Waals surface area (Å²) in [6.07, 6.45) is 45.9. The van der Waals surface area contributed by atoms with Gasteiger partial charge in [0.05, 0.1) is 16.1 Å². The topological polar surface area (TPSA) is 0 Å². The smallest absolute Gasteiger partial charge is 0.0521 e. The fourth-order valence-electron chi connectivity index (χ4n) is 1.72. The predicted octanol–water partition coefficient (Wildman–Crippen LogP) is 7.14. The number of rotatable bonds is 5. The minimum absolute atomic E-state index is 0. The Morgan fingerprint density at radius 2 is 0.389 bits per heavy atom. The molecule has 0 aromatic heterocycles. The van der Waals surface area contributed by atoms with Crippen LogP contribution in [0.2, 0.25) is 39.3 Å². The molecule has 4 fully saturated rings. The van der Waals surface area contributed by atoms with E-state index in [1.807, 2.05) is 128 Å². The molecule has 0 N–H and O–H groups in total. The van der Waals surface area contributed by atoms with E-state index in [1.165, 1.54) is 0 Å². The summed E-state index contributed by atoms with van der Waals surface area (Å²) in [5, 5.41) is 0. The van der Waals surface area contributed by atoms with Gasteiger partial charge in [-0.3, -0.25) is 0 Å². The van der Waals surface area contributed by atoms with Crippen molar-refractivity contribution in [1.29, 1.82) is 0 Å². The van der Waals surface area contributed by atoms with Crippen LogP contribution in [-0.2, 0) is 66.0 Å². The number of hydrogen-bond donors (Lipinski definition) is 0. The monoisotopic (exact) mass is 686 g/mol. The fourth-order valence-corrected chi connectivity index (χ4v) is 2.60. The summed E-state index contributed by atoms with van der Waals surface area (Å²) in [5.41, 5.74) is 0. The SMILES string of the molecule is C[Si](C)(C)[C][C][C][C][Si](C)(C)C.[CH]1[CH][CH][CH][CH]1.[CH]1[CH][CH][CH][CH]1.[CH]1[CH][CH][CH][CH]1.[CH]1[CH][CH][CH][CH]1.[Ni].[Ni].[Ni].[Ni]. The summed E-state index contributed by atoms with van der Waals surface area (Å²) >= 11 is 0. The van der Waals surface area contributed by atoms with Gasteiger partial charge in [0.1, 0.15) is 0 Å². The molecule has 0 aliphatic heterocycles. The third kappa shape index (κ3) is 46.3. The minimum Gasteiger partial charge on any atom is -0.0691 e. The summed E-state index contributed by atoms with van der Waals surface area (Å²) in [4.78, 5) is 0. The first kappa shape index (κ1) is 48.2. The van der Waals surface area contributed by atoms with Crippen LogP contribution < -0.4 is 0 Å². The van der Waals surface area contributed by atoms with Crippen LogP contribution in [0.25, 0.3) is 0 Å². The summed E-state index contributed by atoms with van der Waals surface area (Å²) in [7, 11) is -2.40. The van der Waals surface area contributed by atoms with Gasteiger partial charge < -0.3 is 0 Å².